The molecule has 4 heteroatoms. The van der Waals surface area contributed by atoms with E-state index >= 15 is 0 Å². The van der Waals surface area contributed by atoms with E-state index in [4.69, 9.17) is 4.74 Å². The average Bonchev–Trinajstić information content (AvgIpc) is 2.68. The molecule has 0 unspecified atom stereocenters. The van der Waals surface area contributed by atoms with Crippen molar-refractivity contribution in [2.45, 2.75) is 13.8 Å². The summed E-state index contributed by atoms with van der Waals surface area (Å²) in [5.41, 5.74) is 3.85. The van der Waals surface area contributed by atoms with E-state index in [2.05, 4.69) is 57.1 Å². The second-order valence-corrected chi connectivity index (χ2v) is 7.06. The van der Waals surface area contributed by atoms with Crippen molar-refractivity contribution in [3.8, 4) is 11.5 Å². The van der Waals surface area contributed by atoms with E-state index in [0.29, 0.717) is 0 Å². The molecule has 3 nitrogen and oxygen atoms in total. The van der Waals surface area contributed by atoms with Crippen molar-refractivity contribution >= 4 is 34.0 Å². The third-order valence-corrected chi connectivity index (χ3v) is 4.58. The normalized spacial score (nSPS) is 12.1. The van der Waals surface area contributed by atoms with Crippen molar-refractivity contribution < 1.29 is 4.74 Å². The fraction of sp³-hybridized carbons (Fsp3) is 0.0909. The lowest BCUT2D eigenvalue weighted by Crippen LogP contribution is -1.97. The van der Waals surface area contributed by atoms with Crippen LogP contribution in [0.15, 0.2) is 89.1 Å². The summed E-state index contributed by atoms with van der Waals surface area (Å²) in [6.07, 6.45) is 0. The smallest absolute Gasteiger partial charge is 0.127 e. The van der Waals surface area contributed by atoms with Gasteiger partial charge in [0.25, 0.3) is 0 Å². The third-order valence-electron chi connectivity index (χ3n) is 3.86. The fourth-order valence-electron chi connectivity index (χ4n) is 2.35. The fourth-order valence-corrected chi connectivity index (χ4v) is 2.70. The van der Waals surface area contributed by atoms with Gasteiger partial charge in [0.05, 0.1) is 11.4 Å². The van der Waals surface area contributed by atoms with Crippen molar-refractivity contribution in [1.82, 2.24) is 0 Å². The zero-order valence-corrected chi connectivity index (χ0v) is 16.8. The molecule has 0 heterocycles. The molecule has 0 aliphatic heterocycles. The van der Waals surface area contributed by atoms with E-state index in [0.717, 1.165) is 34.0 Å². The summed E-state index contributed by atoms with van der Waals surface area (Å²) in [7, 11) is 0. The van der Waals surface area contributed by atoms with Crippen LogP contribution in [-0.4, -0.2) is 11.4 Å². The van der Waals surface area contributed by atoms with Gasteiger partial charge in [-0.15, -0.1) is 0 Å². The summed E-state index contributed by atoms with van der Waals surface area (Å²) in [6, 6.07) is 25.9. The Balaban J connectivity index is 1.70. The first-order valence-electron chi connectivity index (χ1n) is 8.30. The summed E-state index contributed by atoms with van der Waals surface area (Å²) in [6.45, 7) is 3.92. The zero-order chi connectivity index (χ0) is 18.4. The molecule has 3 rings (SSSR count). The lowest BCUT2D eigenvalue weighted by Gasteiger charge is -2.06. The van der Waals surface area contributed by atoms with Gasteiger partial charge in [0.1, 0.15) is 11.5 Å². The van der Waals surface area contributed by atoms with Crippen LogP contribution in [0.4, 0.5) is 0 Å². The molecular formula is C22H19IN2O. The molecular weight excluding hydrogens is 435 g/mol. The first-order chi connectivity index (χ1) is 12.6. The van der Waals surface area contributed by atoms with Crippen LogP contribution < -0.4 is 4.74 Å². The summed E-state index contributed by atoms with van der Waals surface area (Å²) < 4.78 is 7.02. The maximum Gasteiger partial charge on any atom is 0.127 e. The van der Waals surface area contributed by atoms with Crippen LogP contribution in [0.25, 0.3) is 0 Å². The van der Waals surface area contributed by atoms with Crippen LogP contribution in [0.3, 0.4) is 0 Å². The van der Waals surface area contributed by atoms with E-state index in [-0.39, 0.29) is 0 Å². The third kappa shape index (κ3) is 5.02. The Bertz CT molecular complexity index is 915. The number of ether oxygens (including phenoxy) is 1. The molecule has 0 aliphatic carbocycles. The van der Waals surface area contributed by atoms with Crippen LogP contribution in [0.1, 0.15) is 25.0 Å². The molecule has 3 aromatic carbocycles. The van der Waals surface area contributed by atoms with Gasteiger partial charge >= 0.3 is 0 Å². The van der Waals surface area contributed by atoms with Crippen molar-refractivity contribution in [3.63, 3.8) is 0 Å². The summed E-state index contributed by atoms with van der Waals surface area (Å²) in [5, 5.41) is 8.73. The van der Waals surface area contributed by atoms with Gasteiger partial charge in [0.15, 0.2) is 0 Å². The van der Waals surface area contributed by atoms with Crippen LogP contribution in [0, 0.1) is 3.57 Å². The number of hydrogen-bond donors (Lipinski definition) is 0. The average molecular weight is 454 g/mol. The maximum atomic E-state index is 5.81. The number of hydrogen-bond acceptors (Lipinski definition) is 3. The topological polar surface area (TPSA) is 34.0 Å². The summed E-state index contributed by atoms with van der Waals surface area (Å²) >= 11 is 2.29. The minimum Gasteiger partial charge on any atom is -0.457 e. The monoisotopic (exact) mass is 454 g/mol. The second kappa shape index (κ2) is 8.76. The Morgan fingerprint density at radius 3 is 1.65 bits per heavy atom. The van der Waals surface area contributed by atoms with Crippen molar-refractivity contribution in [3.05, 3.63) is 93.6 Å². The summed E-state index contributed by atoms with van der Waals surface area (Å²) in [5.74, 6) is 1.62. The molecule has 3 aromatic rings. The van der Waals surface area contributed by atoms with Gasteiger partial charge in [-0.25, -0.2) is 0 Å². The molecule has 26 heavy (non-hydrogen) atoms. The standard InChI is InChI=1S/C22H19IN2O/c1-16(18-8-12-20(23)13-9-18)24-25-17(2)19-10-14-22(15-11-19)26-21-6-4-3-5-7-21/h3-15H,1-2H3/b24-16+,25-17+. The first-order valence-corrected chi connectivity index (χ1v) is 9.38. The van der Waals surface area contributed by atoms with E-state index in [1.807, 2.05) is 68.4 Å². The van der Waals surface area contributed by atoms with E-state index in [1.54, 1.807) is 0 Å². The van der Waals surface area contributed by atoms with Gasteiger partial charge < -0.3 is 4.74 Å². The highest BCUT2D eigenvalue weighted by Gasteiger charge is 2.01. The lowest BCUT2D eigenvalue weighted by atomic mass is 10.1. The number of halogens is 1. The SMILES string of the molecule is C/C(=N\N=C(/C)c1ccc(Oc2ccccc2)cc1)c1ccc(I)cc1. The minimum absolute atomic E-state index is 0.798. The zero-order valence-electron chi connectivity index (χ0n) is 14.7. The Labute approximate surface area is 167 Å². The van der Waals surface area contributed by atoms with Crippen LogP contribution in [-0.2, 0) is 0 Å². The van der Waals surface area contributed by atoms with Gasteiger partial charge in [-0.05, 0) is 96.1 Å². The van der Waals surface area contributed by atoms with Crippen LogP contribution >= 0.6 is 22.6 Å². The highest BCUT2D eigenvalue weighted by Crippen LogP contribution is 2.21. The highest BCUT2D eigenvalue weighted by atomic mass is 127. The van der Waals surface area contributed by atoms with Crippen LogP contribution in [0.2, 0.25) is 0 Å². The van der Waals surface area contributed by atoms with Crippen molar-refractivity contribution in [1.29, 1.82) is 0 Å². The summed E-state index contributed by atoms with van der Waals surface area (Å²) in [4.78, 5) is 0. The van der Waals surface area contributed by atoms with Gasteiger partial charge in [0.2, 0.25) is 0 Å². The number of rotatable bonds is 5. The molecule has 130 valence electrons. The molecule has 0 saturated heterocycles. The van der Waals surface area contributed by atoms with Gasteiger partial charge in [-0.2, -0.15) is 10.2 Å². The quantitative estimate of drug-likeness (QED) is 0.253. The van der Waals surface area contributed by atoms with E-state index in [1.165, 1.54) is 3.57 Å². The number of benzene rings is 3. The largest absolute Gasteiger partial charge is 0.457 e. The second-order valence-electron chi connectivity index (χ2n) is 5.82. The Hall–Kier alpha value is -2.47. The molecule has 0 atom stereocenters. The van der Waals surface area contributed by atoms with E-state index in [9.17, 15) is 0 Å². The van der Waals surface area contributed by atoms with E-state index < -0.39 is 0 Å². The molecule has 0 radical (unpaired) electrons. The first kappa shape index (κ1) is 18.3. The predicted molar refractivity (Wildman–Crippen MR) is 117 cm³/mol. The molecule has 0 spiro atoms. The highest BCUT2D eigenvalue weighted by molar-refractivity contribution is 14.1. The molecule has 0 saturated carbocycles. The molecule has 0 bridgehead atoms. The molecule has 0 aromatic heterocycles. The Kier molecular flexibility index (Phi) is 6.17. The number of nitrogens with zero attached hydrogens (tertiary/aromatic N) is 2. The molecule has 0 amide bonds. The molecule has 0 aliphatic rings. The Morgan fingerprint density at radius 2 is 1.12 bits per heavy atom. The van der Waals surface area contributed by atoms with Crippen molar-refractivity contribution in [2.24, 2.45) is 10.2 Å². The van der Waals surface area contributed by atoms with Crippen molar-refractivity contribution in [2.75, 3.05) is 0 Å². The van der Waals surface area contributed by atoms with Gasteiger partial charge in [-0.1, -0.05) is 30.3 Å². The van der Waals surface area contributed by atoms with Crippen LogP contribution in [0.5, 0.6) is 11.5 Å². The molecule has 0 fully saturated rings. The number of para-hydroxylation sites is 1. The lowest BCUT2D eigenvalue weighted by molar-refractivity contribution is 0.482. The minimum atomic E-state index is 0.798. The molecule has 0 N–H and O–H groups in total. The Morgan fingerprint density at radius 1 is 0.654 bits per heavy atom. The maximum absolute atomic E-state index is 5.81. The predicted octanol–water partition coefficient (Wildman–Crippen LogP) is 6.32. The van der Waals surface area contributed by atoms with Gasteiger partial charge in [0, 0.05) is 3.57 Å². The van der Waals surface area contributed by atoms with Gasteiger partial charge in [-0.3, -0.25) is 0 Å².